The Hall–Kier alpha value is -1.19. The summed E-state index contributed by atoms with van der Waals surface area (Å²) in [7, 11) is 0. The van der Waals surface area contributed by atoms with Crippen LogP contribution >= 0.6 is 0 Å². The SMILES string of the molecule is O=CC1CC(=O)N1C=O. The van der Waals surface area contributed by atoms with Gasteiger partial charge in [-0.05, 0) is 0 Å². The van der Waals surface area contributed by atoms with Crippen LogP contribution in [0.25, 0.3) is 0 Å². The van der Waals surface area contributed by atoms with E-state index in [2.05, 4.69) is 0 Å². The molecule has 1 aliphatic rings. The van der Waals surface area contributed by atoms with E-state index in [4.69, 9.17) is 0 Å². The molecule has 0 aromatic carbocycles. The largest absolute Gasteiger partial charge is 0.301 e. The Bertz CT molecular complexity index is 166. The average Bonchev–Trinajstić information content (AvgIpc) is 1.83. The molecule has 0 aromatic heterocycles. The Balaban J connectivity index is 2.56. The van der Waals surface area contributed by atoms with Crippen molar-refractivity contribution in [2.45, 2.75) is 12.5 Å². The standard InChI is InChI=1S/C5H5NO3/c7-2-4-1-5(9)6(4)3-8/h2-4H,1H2. The zero-order valence-electron chi connectivity index (χ0n) is 4.61. The lowest BCUT2D eigenvalue weighted by atomic mass is 10.1. The zero-order valence-corrected chi connectivity index (χ0v) is 4.61. The van der Waals surface area contributed by atoms with E-state index in [1.54, 1.807) is 0 Å². The highest BCUT2D eigenvalue weighted by Crippen LogP contribution is 2.13. The van der Waals surface area contributed by atoms with Gasteiger partial charge in [0.1, 0.15) is 12.3 Å². The molecule has 1 heterocycles. The van der Waals surface area contributed by atoms with Crippen molar-refractivity contribution >= 4 is 18.6 Å². The van der Waals surface area contributed by atoms with Gasteiger partial charge in [0, 0.05) is 0 Å². The van der Waals surface area contributed by atoms with Crippen molar-refractivity contribution in [1.82, 2.24) is 4.90 Å². The van der Waals surface area contributed by atoms with Gasteiger partial charge in [-0.1, -0.05) is 0 Å². The van der Waals surface area contributed by atoms with Gasteiger partial charge in [0.2, 0.25) is 12.3 Å². The molecular weight excluding hydrogens is 122 g/mol. The van der Waals surface area contributed by atoms with Crippen LogP contribution in [0.4, 0.5) is 0 Å². The van der Waals surface area contributed by atoms with Crippen LogP contribution in [-0.2, 0) is 14.4 Å². The van der Waals surface area contributed by atoms with Gasteiger partial charge in [-0.15, -0.1) is 0 Å². The number of β-lactam (4-membered cyclic amide) rings is 1. The number of hydrogen-bond acceptors (Lipinski definition) is 3. The van der Waals surface area contributed by atoms with Gasteiger partial charge in [-0.3, -0.25) is 14.5 Å². The summed E-state index contributed by atoms with van der Waals surface area (Å²) < 4.78 is 0. The van der Waals surface area contributed by atoms with Crippen LogP contribution in [0.15, 0.2) is 0 Å². The highest BCUT2D eigenvalue weighted by Gasteiger charge is 2.35. The minimum atomic E-state index is -0.491. The lowest BCUT2D eigenvalue weighted by Gasteiger charge is -2.30. The number of likely N-dealkylation sites (tertiary alicyclic amines) is 1. The summed E-state index contributed by atoms with van der Waals surface area (Å²) >= 11 is 0. The summed E-state index contributed by atoms with van der Waals surface area (Å²) in [6.07, 6.45) is 1.16. The molecule has 2 amide bonds. The van der Waals surface area contributed by atoms with Crippen molar-refractivity contribution in [2.24, 2.45) is 0 Å². The fourth-order valence-corrected chi connectivity index (χ4v) is 0.706. The molecule has 0 saturated carbocycles. The molecule has 4 heteroatoms. The topological polar surface area (TPSA) is 54.5 Å². The summed E-state index contributed by atoms with van der Waals surface area (Å²) in [4.78, 5) is 31.1. The minimum Gasteiger partial charge on any atom is -0.301 e. The third kappa shape index (κ3) is 0.718. The maximum absolute atomic E-state index is 10.4. The van der Waals surface area contributed by atoms with Crippen molar-refractivity contribution in [3.8, 4) is 0 Å². The summed E-state index contributed by atoms with van der Waals surface area (Å²) in [5.41, 5.74) is 0. The third-order valence-electron chi connectivity index (χ3n) is 1.30. The van der Waals surface area contributed by atoms with Crippen LogP contribution in [0.3, 0.4) is 0 Å². The average molecular weight is 127 g/mol. The minimum absolute atomic E-state index is 0.183. The van der Waals surface area contributed by atoms with E-state index in [-0.39, 0.29) is 12.3 Å². The van der Waals surface area contributed by atoms with E-state index in [1.807, 2.05) is 0 Å². The third-order valence-corrected chi connectivity index (χ3v) is 1.30. The first-order valence-electron chi connectivity index (χ1n) is 2.51. The van der Waals surface area contributed by atoms with Crippen LogP contribution in [-0.4, -0.2) is 29.5 Å². The number of rotatable bonds is 2. The molecular formula is C5H5NO3. The highest BCUT2D eigenvalue weighted by molar-refractivity contribution is 5.98. The Labute approximate surface area is 51.4 Å². The maximum atomic E-state index is 10.4. The predicted molar refractivity (Wildman–Crippen MR) is 27.4 cm³/mol. The van der Waals surface area contributed by atoms with Crippen molar-refractivity contribution in [3.05, 3.63) is 0 Å². The Kier molecular flexibility index (Phi) is 1.30. The molecule has 0 radical (unpaired) electrons. The molecule has 48 valence electrons. The van der Waals surface area contributed by atoms with Gasteiger partial charge in [-0.2, -0.15) is 0 Å². The molecule has 1 aliphatic heterocycles. The van der Waals surface area contributed by atoms with E-state index in [0.717, 1.165) is 4.90 Å². The van der Waals surface area contributed by atoms with Crippen molar-refractivity contribution in [2.75, 3.05) is 0 Å². The second kappa shape index (κ2) is 1.97. The maximum Gasteiger partial charge on any atom is 0.232 e. The molecule has 1 saturated heterocycles. The number of amides is 2. The summed E-state index contributed by atoms with van der Waals surface area (Å²) in [5, 5.41) is 0. The fourth-order valence-electron chi connectivity index (χ4n) is 0.706. The summed E-state index contributed by atoms with van der Waals surface area (Å²) in [6.45, 7) is 0. The lowest BCUT2D eigenvalue weighted by Crippen LogP contribution is -2.52. The van der Waals surface area contributed by atoms with Crippen molar-refractivity contribution < 1.29 is 14.4 Å². The van der Waals surface area contributed by atoms with Crippen LogP contribution in [0.2, 0.25) is 0 Å². The van der Waals surface area contributed by atoms with E-state index in [0.29, 0.717) is 12.7 Å². The monoisotopic (exact) mass is 127 g/mol. The molecule has 1 rings (SSSR count). The number of imide groups is 1. The first-order chi connectivity index (χ1) is 4.29. The van der Waals surface area contributed by atoms with E-state index < -0.39 is 6.04 Å². The summed E-state index contributed by atoms with van der Waals surface area (Å²) in [5.74, 6) is -0.276. The van der Waals surface area contributed by atoms with Gasteiger partial charge in [0.15, 0.2) is 0 Å². The number of hydrogen-bond donors (Lipinski definition) is 0. The number of nitrogens with zero attached hydrogens (tertiary/aromatic N) is 1. The van der Waals surface area contributed by atoms with Crippen LogP contribution in [0.5, 0.6) is 0 Å². The molecule has 4 nitrogen and oxygen atoms in total. The molecule has 1 fully saturated rings. The lowest BCUT2D eigenvalue weighted by molar-refractivity contribution is -0.154. The van der Waals surface area contributed by atoms with E-state index in [1.165, 1.54) is 0 Å². The number of carbonyl (C=O) groups excluding carboxylic acids is 3. The molecule has 0 aromatic rings. The number of carbonyl (C=O) groups is 3. The Morgan fingerprint density at radius 3 is 2.44 bits per heavy atom. The second-order valence-electron chi connectivity index (χ2n) is 1.81. The Morgan fingerprint density at radius 1 is 1.56 bits per heavy atom. The van der Waals surface area contributed by atoms with E-state index >= 15 is 0 Å². The quantitative estimate of drug-likeness (QED) is 0.351. The Morgan fingerprint density at radius 2 is 2.22 bits per heavy atom. The smallest absolute Gasteiger partial charge is 0.232 e. The van der Waals surface area contributed by atoms with Crippen LogP contribution in [0, 0.1) is 0 Å². The molecule has 0 aliphatic carbocycles. The number of aldehydes is 1. The first kappa shape index (κ1) is 5.94. The van der Waals surface area contributed by atoms with Gasteiger partial charge >= 0.3 is 0 Å². The van der Waals surface area contributed by atoms with Crippen LogP contribution < -0.4 is 0 Å². The molecule has 1 unspecified atom stereocenters. The van der Waals surface area contributed by atoms with Crippen molar-refractivity contribution in [1.29, 1.82) is 0 Å². The first-order valence-corrected chi connectivity index (χ1v) is 2.51. The van der Waals surface area contributed by atoms with E-state index in [9.17, 15) is 14.4 Å². The van der Waals surface area contributed by atoms with Gasteiger partial charge in [0.05, 0.1) is 6.42 Å². The normalized spacial score (nSPS) is 25.1. The molecule has 0 spiro atoms. The van der Waals surface area contributed by atoms with Gasteiger partial charge in [-0.25, -0.2) is 0 Å². The fraction of sp³-hybridized carbons (Fsp3) is 0.400. The highest BCUT2D eigenvalue weighted by atomic mass is 16.2. The molecule has 9 heavy (non-hydrogen) atoms. The van der Waals surface area contributed by atoms with Gasteiger partial charge in [0.25, 0.3) is 0 Å². The zero-order chi connectivity index (χ0) is 6.85. The predicted octanol–water partition coefficient (Wildman–Crippen LogP) is -1.06. The summed E-state index contributed by atoms with van der Waals surface area (Å²) in [6, 6.07) is -0.491. The van der Waals surface area contributed by atoms with Gasteiger partial charge < -0.3 is 4.79 Å². The van der Waals surface area contributed by atoms with Crippen LogP contribution in [0.1, 0.15) is 6.42 Å². The van der Waals surface area contributed by atoms with Crippen molar-refractivity contribution in [3.63, 3.8) is 0 Å². The molecule has 0 bridgehead atoms. The molecule has 1 atom stereocenters. The second-order valence-corrected chi connectivity index (χ2v) is 1.81. The molecule has 0 N–H and O–H groups in total.